The van der Waals surface area contributed by atoms with Crippen molar-refractivity contribution in [3.05, 3.63) is 21.6 Å². The van der Waals surface area contributed by atoms with Gasteiger partial charge in [0.1, 0.15) is 16.3 Å². The lowest BCUT2D eigenvalue weighted by Gasteiger charge is -2.34. The van der Waals surface area contributed by atoms with Crippen LogP contribution in [0.4, 0.5) is 0 Å². The molecule has 0 saturated carbocycles. The molecule has 9 nitrogen and oxygen atoms in total. The number of thiophene rings is 1. The van der Waals surface area contributed by atoms with Gasteiger partial charge in [0, 0.05) is 30.6 Å². The molecule has 1 amide bonds. The van der Waals surface area contributed by atoms with E-state index in [0.717, 1.165) is 32.4 Å². The van der Waals surface area contributed by atoms with E-state index in [1.54, 1.807) is 6.92 Å². The third-order valence-corrected chi connectivity index (χ3v) is 10.1. The van der Waals surface area contributed by atoms with Gasteiger partial charge >= 0.3 is 0 Å². The van der Waals surface area contributed by atoms with Gasteiger partial charge < -0.3 is 5.32 Å². The molecule has 2 fully saturated rings. The van der Waals surface area contributed by atoms with Crippen molar-refractivity contribution in [2.75, 3.05) is 32.7 Å². The number of likely N-dealkylation sites (N-methyl/N-ethyl adjacent to an activating group) is 1. The van der Waals surface area contributed by atoms with Gasteiger partial charge in [-0.25, -0.2) is 13.4 Å². The van der Waals surface area contributed by atoms with Gasteiger partial charge in [0.05, 0.1) is 11.7 Å². The molecule has 2 saturated heterocycles. The molecule has 3 atom stereocenters. The minimum absolute atomic E-state index is 0.0469. The van der Waals surface area contributed by atoms with Crippen molar-refractivity contribution in [3.63, 3.8) is 0 Å². The molecule has 2 aromatic heterocycles. The van der Waals surface area contributed by atoms with Crippen molar-refractivity contribution in [2.45, 2.75) is 64.4 Å². The number of aryl methyl sites for hydroxylation is 1. The summed E-state index contributed by atoms with van der Waals surface area (Å²) in [6.07, 6.45) is 4.49. The molecule has 2 aliphatic heterocycles. The summed E-state index contributed by atoms with van der Waals surface area (Å²) < 4.78 is 30.0. The number of sulfonamides is 1. The third-order valence-electron chi connectivity index (χ3n) is 6.99. The topological polar surface area (TPSA) is 105 Å². The molecule has 34 heavy (non-hydrogen) atoms. The minimum Gasteiger partial charge on any atom is -0.353 e. The Morgan fingerprint density at radius 3 is 2.65 bits per heavy atom. The van der Waals surface area contributed by atoms with Gasteiger partial charge in [0.25, 0.3) is 5.56 Å². The van der Waals surface area contributed by atoms with E-state index in [1.807, 2.05) is 0 Å². The normalized spacial score (nSPS) is 24.6. The molecule has 188 valence electrons. The van der Waals surface area contributed by atoms with Crippen LogP contribution >= 0.6 is 11.3 Å². The van der Waals surface area contributed by atoms with Crippen LogP contribution in [0.25, 0.3) is 10.2 Å². The van der Waals surface area contributed by atoms with Crippen molar-refractivity contribution in [1.29, 1.82) is 0 Å². The zero-order valence-electron chi connectivity index (χ0n) is 20.4. The Hall–Kier alpha value is -1.82. The lowest BCUT2D eigenvalue weighted by atomic mass is 9.94. The number of rotatable bonds is 7. The number of likely N-dealkylation sites (tertiary alicyclic amines) is 1. The first-order valence-electron chi connectivity index (χ1n) is 12.1. The molecular formula is C23H35N5O4S2. The van der Waals surface area contributed by atoms with Crippen LogP contribution in [0.15, 0.2) is 16.0 Å². The van der Waals surface area contributed by atoms with Crippen LogP contribution in [0.2, 0.25) is 0 Å². The number of fused-ring (bicyclic) bond motifs is 1. The first-order valence-corrected chi connectivity index (χ1v) is 14.4. The van der Waals surface area contributed by atoms with Gasteiger partial charge in [-0.2, -0.15) is 4.31 Å². The molecular weight excluding hydrogens is 474 g/mol. The molecule has 2 aromatic rings. The summed E-state index contributed by atoms with van der Waals surface area (Å²) in [6.45, 7) is 11.2. The number of amides is 1. The van der Waals surface area contributed by atoms with Crippen molar-refractivity contribution in [3.8, 4) is 0 Å². The maximum Gasteiger partial charge on any atom is 0.263 e. The van der Waals surface area contributed by atoms with Crippen LogP contribution in [0, 0.1) is 18.8 Å². The number of hydrogen-bond acceptors (Lipinski definition) is 7. The fraction of sp³-hybridized carbons (Fsp3) is 0.696. The number of nitrogens with zero attached hydrogens (tertiary/aromatic N) is 4. The molecule has 1 N–H and O–H groups in total. The highest BCUT2D eigenvalue weighted by atomic mass is 32.2. The van der Waals surface area contributed by atoms with Crippen LogP contribution in [-0.2, 0) is 21.4 Å². The molecule has 4 rings (SSSR count). The predicted molar refractivity (Wildman–Crippen MR) is 134 cm³/mol. The largest absolute Gasteiger partial charge is 0.353 e. The zero-order chi connectivity index (χ0) is 24.6. The number of piperidine rings is 1. The fourth-order valence-electron chi connectivity index (χ4n) is 5.45. The van der Waals surface area contributed by atoms with E-state index in [4.69, 9.17) is 0 Å². The van der Waals surface area contributed by atoms with Crippen molar-refractivity contribution >= 4 is 37.5 Å². The summed E-state index contributed by atoms with van der Waals surface area (Å²) in [4.78, 5) is 33.7. The average molecular weight is 510 g/mol. The van der Waals surface area contributed by atoms with Crippen LogP contribution in [0.1, 0.15) is 44.9 Å². The lowest BCUT2D eigenvalue weighted by Crippen LogP contribution is -2.43. The number of nitrogens with one attached hydrogen (secondary N) is 1. The maximum absolute atomic E-state index is 13.6. The van der Waals surface area contributed by atoms with E-state index in [0.29, 0.717) is 35.4 Å². The van der Waals surface area contributed by atoms with Gasteiger partial charge in [-0.3, -0.25) is 19.1 Å². The molecule has 2 aliphatic rings. The molecule has 11 heteroatoms. The lowest BCUT2D eigenvalue weighted by molar-refractivity contribution is -0.121. The van der Waals surface area contributed by atoms with Gasteiger partial charge in [0.2, 0.25) is 15.9 Å². The summed E-state index contributed by atoms with van der Waals surface area (Å²) >= 11 is 1.21. The van der Waals surface area contributed by atoms with Gasteiger partial charge in [-0.15, -0.1) is 11.3 Å². The summed E-state index contributed by atoms with van der Waals surface area (Å²) in [5.74, 6) is 0.234. The quantitative estimate of drug-likeness (QED) is 0.613. The number of carbonyl (C=O) groups excluding carboxylic acids is 1. The standard InChI is InChI=1S/C23H35N5O4S2/c1-5-26-8-6-7-18(26)10-24-19(29)13-27-14-25-22-20(23(27)30)21(17(4)33-22)34(31,32)28-11-15(2)9-16(3)12-28/h14-16,18H,5-13H2,1-4H3,(H,24,29)/t15-,16-,18-/m1/s1. The van der Waals surface area contributed by atoms with Crippen LogP contribution in [0.3, 0.4) is 0 Å². The van der Waals surface area contributed by atoms with E-state index >= 15 is 0 Å². The van der Waals surface area contributed by atoms with E-state index in [9.17, 15) is 18.0 Å². The van der Waals surface area contributed by atoms with Gasteiger partial charge in [0.15, 0.2) is 0 Å². The molecule has 0 radical (unpaired) electrons. The Kier molecular flexibility index (Phi) is 7.47. The Bertz CT molecular complexity index is 1210. The van der Waals surface area contributed by atoms with Crippen LogP contribution in [-0.4, -0.2) is 71.8 Å². The number of aromatic nitrogens is 2. The number of carbonyl (C=O) groups is 1. The Morgan fingerprint density at radius 2 is 1.97 bits per heavy atom. The highest BCUT2D eigenvalue weighted by Gasteiger charge is 2.36. The van der Waals surface area contributed by atoms with Crippen LogP contribution in [0.5, 0.6) is 0 Å². The Morgan fingerprint density at radius 1 is 1.26 bits per heavy atom. The molecule has 0 aromatic carbocycles. The Labute approximate surface area is 205 Å². The molecule has 0 bridgehead atoms. The van der Waals surface area contributed by atoms with Crippen molar-refractivity contribution in [1.82, 2.24) is 24.1 Å². The smallest absolute Gasteiger partial charge is 0.263 e. The van der Waals surface area contributed by atoms with E-state index < -0.39 is 15.6 Å². The van der Waals surface area contributed by atoms with E-state index in [2.05, 4.69) is 36.0 Å². The third kappa shape index (κ3) is 4.93. The predicted octanol–water partition coefficient (Wildman–Crippen LogP) is 2.03. The highest BCUT2D eigenvalue weighted by molar-refractivity contribution is 7.89. The fourth-order valence-corrected chi connectivity index (χ4v) is 8.80. The second-order valence-electron chi connectivity index (χ2n) is 9.84. The zero-order valence-corrected chi connectivity index (χ0v) is 22.0. The first-order chi connectivity index (χ1) is 16.1. The molecule has 4 heterocycles. The summed E-state index contributed by atoms with van der Waals surface area (Å²) in [5.41, 5.74) is -0.489. The maximum atomic E-state index is 13.6. The second kappa shape index (κ2) is 10.0. The number of hydrogen-bond donors (Lipinski definition) is 1. The first kappa shape index (κ1) is 25.3. The average Bonchev–Trinajstić information content (AvgIpc) is 3.37. The highest BCUT2D eigenvalue weighted by Crippen LogP contribution is 2.35. The van der Waals surface area contributed by atoms with Crippen molar-refractivity contribution in [2.24, 2.45) is 11.8 Å². The summed E-state index contributed by atoms with van der Waals surface area (Å²) in [6, 6.07) is 0.317. The second-order valence-corrected chi connectivity index (χ2v) is 12.9. The minimum atomic E-state index is -3.86. The summed E-state index contributed by atoms with van der Waals surface area (Å²) in [5, 5.41) is 3.03. The van der Waals surface area contributed by atoms with Crippen molar-refractivity contribution < 1.29 is 13.2 Å². The molecule has 0 spiro atoms. The molecule has 0 aliphatic carbocycles. The summed E-state index contributed by atoms with van der Waals surface area (Å²) in [7, 11) is -3.86. The van der Waals surface area contributed by atoms with Gasteiger partial charge in [-0.1, -0.05) is 20.8 Å². The SMILES string of the molecule is CCN1CCC[C@@H]1CNC(=O)Cn1cnc2sc(C)c(S(=O)(=O)N3C[C@H](C)C[C@@H](C)C3)c2c1=O. The van der Waals surface area contributed by atoms with Crippen LogP contribution < -0.4 is 10.9 Å². The van der Waals surface area contributed by atoms with E-state index in [-0.39, 0.29) is 34.6 Å². The monoisotopic (exact) mass is 509 g/mol. The van der Waals surface area contributed by atoms with E-state index in [1.165, 1.54) is 26.5 Å². The van der Waals surface area contributed by atoms with Gasteiger partial charge in [-0.05, 0) is 51.1 Å². The molecule has 0 unspecified atom stereocenters. The Balaban J connectivity index is 1.59.